The maximum absolute atomic E-state index is 13.8. The molecule has 5 nitrogen and oxygen atoms in total. The maximum atomic E-state index is 13.8. The summed E-state index contributed by atoms with van der Waals surface area (Å²) >= 11 is 0. The zero-order valence-corrected chi connectivity index (χ0v) is 16.4. The third-order valence-electron chi connectivity index (χ3n) is 4.60. The quantitative estimate of drug-likeness (QED) is 0.617. The van der Waals surface area contributed by atoms with Crippen LogP contribution in [-0.4, -0.2) is 36.7 Å². The second-order valence-corrected chi connectivity index (χ2v) is 6.97. The van der Waals surface area contributed by atoms with Gasteiger partial charge in [0.05, 0.1) is 19.3 Å². The molecule has 1 fully saturated rings. The molecule has 0 radical (unpaired) electrons. The van der Waals surface area contributed by atoms with Crippen molar-refractivity contribution in [3.05, 3.63) is 71.8 Å². The number of rotatable bonds is 7. The van der Waals surface area contributed by atoms with E-state index in [0.717, 1.165) is 18.1 Å². The van der Waals surface area contributed by atoms with E-state index in [0.29, 0.717) is 0 Å². The number of esters is 1. The fraction of sp³-hybridized carbons (Fsp3) is 0.409. The molecular formula is C22H23F3O5. The molecule has 0 aliphatic carbocycles. The van der Waals surface area contributed by atoms with Gasteiger partial charge in [-0.3, -0.25) is 4.79 Å². The Kier molecular flexibility index (Phi) is 7.47. The SMILES string of the molecule is CC(=O)O[C@@H]1C[C@H](OCc2ccccc2)[C@H](OCc2ccccc2)[C@H](C(F)(F)F)O1. The Hall–Kier alpha value is -2.42. The van der Waals surface area contributed by atoms with Crippen molar-refractivity contribution in [1.82, 2.24) is 0 Å². The molecule has 0 aromatic heterocycles. The zero-order valence-electron chi connectivity index (χ0n) is 16.4. The van der Waals surface area contributed by atoms with E-state index in [9.17, 15) is 18.0 Å². The van der Waals surface area contributed by atoms with Gasteiger partial charge < -0.3 is 18.9 Å². The van der Waals surface area contributed by atoms with Crippen LogP contribution in [0.5, 0.6) is 0 Å². The first kappa shape index (κ1) is 22.3. The monoisotopic (exact) mass is 424 g/mol. The van der Waals surface area contributed by atoms with E-state index in [1.165, 1.54) is 0 Å². The molecule has 4 atom stereocenters. The van der Waals surface area contributed by atoms with Crippen LogP contribution in [0.4, 0.5) is 13.2 Å². The van der Waals surface area contributed by atoms with Gasteiger partial charge in [-0.05, 0) is 11.1 Å². The minimum Gasteiger partial charge on any atom is -0.436 e. The van der Waals surface area contributed by atoms with Crippen molar-refractivity contribution in [2.75, 3.05) is 0 Å². The highest BCUT2D eigenvalue weighted by Crippen LogP contribution is 2.36. The summed E-state index contributed by atoms with van der Waals surface area (Å²) in [6.45, 7) is 1.17. The van der Waals surface area contributed by atoms with Crippen LogP contribution in [-0.2, 0) is 37.0 Å². The molecule has 0 unspecified atom stereocenters. The second kappa shape index (κ2) is 10.1. The third-order valence-corrected chi connectivity index (χ3v) is 4.60. The first-order valence-electron chi connectivity index (χ1n) is 9.53. The normalized spacial score (nSPS) is 24.4. The van der Waals surface area contributed by atoms with Gasteiger partial charge in [-0.1, -0.05) is 60.7 Å². The minimum atomic E-state index is -4.73. The topological polar surface area (TPSA) is 54.0 Å². The van der Waals surface area contributed by atoms with Crippen molar-refractivity contribution in [2.45, 2.75) is 57.3 Å². The Morgan fingerprint density at radius 1 is 0.967 bits per heavy atom. The third kappa shape index (κ3) is 6.29. The molecule has 3 rings (SSSR count). The molecule has 1 saturated heterocycles. The van der Waals surface area contributed by atoms with E-state index < -0.39 is 36.7 Å². The van der Waals surface area contributed by atoms with Gasteiger partial charge in [-0.15, -0.1) is 0 Å². The molecule has 1 aliphatic heterocycles. The van der Waals surface area contributed by atoms with E-state index >= 15 is 0 Å². The smallest absolute Gasteiger partial charge is 0.417 e. The Balaban J connectivity index is 1.79. The first-order valence-corrected chi connectivity index (χ1v) is 9.53. The van der Waals surface area contributed by atoms with E-state index in [2.05, 4.69) is 0 Å². The minimum absolute atomic E-state index is 0.0368. The van der Waals surface area contributed by atoms with Crippen LogP contribution in [0.1, 0.15) is 24.5 Å². The van der Waals surface area contributed by atoms with Crippen LogP contribution < -0.4 is 0 Å². The van der Waals surface area contributed by atoms with E-state index in [4.69, 9.17) is 18.9 Å². The van der Waals surface area contributed by atoms with Gasteiger partial charge in [0.15, 0.2) is 6.10 Å². The number of benzene rings is 2. The lowest BCUT2D eigenvalue weighted by Crippen LogP contribution is -2.57. The fourth-order valence-electron chi connectivity index (χ4n) is 3.24. The molecular weight excluding hydrogens is 401 g/mol. The number of carbonyl (C=O) groups is 1. The van der Waals surface area contributed by atoms with Crippen molar-refractivity contribution >= 4 is 5.97 Å². The summed E-state index contributed by atoms with van der Waals surface area (Å²) < 4.78 is 62.7. The molecule has 162 valence electrons. The summed E-state index contributed by atoms with van der Waals surface area (Å²) in [5.74, 6) is -0.730. The number of hydrogen-bond donors (Lipinski definition) is 0. The van der Waals surface area contributed by atoms with Crippen LogP contribution in [0.2, 0.25) is 0 Å². The van der Waals surface area contributed by atoms with Gasteiger partial charge in [0, 0.05) is 13.3 Å². The summed E-state index contributed by atoms with van der Waals surface area (Å²) in [5.41, 5.74) is 1.53. The van der Waals surface area contributed by atoms with Crippen molar-refractivity contribution in [1.29, 1.82) is 0 Å². The first-order chi connectivity index (χ1) is 14.3. The van der Waals surface area contributed by atoms with Gasteiger partial charge >= 0.3 is 12.1 Å². The highest BCUT2D eigenvalue weighted by molar-refractivity contribution is 5.66. The van der Waals surface area contributed by atoms with Gasteiger partial charge in [-0.25, -0.2) is 0 Å². The van der Waals surface area contributed by atoms with Crippen molar-refractivity contribution < 1.29 is 36.9 Å². The van der Waals surface area contributed by atoms with E-state index in [1.54, 1.807) is 30.3 Å². The molecule has 0 spiro atoms. The molecule has 1 aliphatic rings. The second-order valence-electron chi connectivity index (χ2n) is 6.97. The standard InChI is InChI=1S/C22H23F3O5/c1-15(26)29-19-12-18(27-13-16-8-4-2-5-9-16)20(21(30-19)22(23,24)25)28-14-17-10-6-3-7-11-17/h2-11,18-21H,12-14H2,1H3/t18-,19-,20-,21+/m0/s1. The molecule has 8 heteroatoms. The lowest BCUT2D eigenvalue weighted by molar-refractivity contribution is -0.333. The van der Waals surface area contributed by atoms with Crippen LogP contribution in [0, 0.1) is 0 Å². The predicted octanol–water partition coefficient (Wildman–Crippen LogP) is 4.40. The zero-order chi connectivity index (χ0) is 21.6. The largest absolute Gasteiger partial charge is 0.436 e. The van der Waals surface area contributed by atoms with Crippen LogP contribution in [0.3, 0.4) is 0 Å². The Morgan fingerprint density at radius 2 is 1.50 bits per heavy atom. The predicted molar refractivity (Wildman–Crippen MR) is 101 cm³/mol. The molecule has 30 heavy (non-hydrogen) atoms. The number of alkyl halides is 3. The molecule has 2 aromatic rings. The number of carbonyl (C=O) groups excluding carboxylic acids is 1. The van der Waals surface area contributed by atoms with Gasteiger partial charge in [0.1, 0.15) is 6.10 Å². The van der Waals surface area contributed by atoms with Gasteiger partial charge in [-0.2, -0.15) is 13.2 Å². The molecule has 1 heterocycles. The van der Waals surface area contributed by atoms with Crippen molar-refractivity contribution in [3.8, 4) is 0 Å². The lowest BCUT2D eigenvalue weighted by Gasteiger charge is -2.41. The number of halogens is 3. The van der Waals surface area contributed by atoms with Crippen LogP contribution in [0.15, 0.2) is 60.7 Å². The molecule has 0 bridgehead atoms. The summed E-state index contributed by atoms with van der Waals surface area (Å²) in [4.78, 5) is 11.3. The lowest BCUT2D eigenvalue weighted by atomic mass is 10.00. The van der Waals surface area contributed by atoms with Crippen molar-refractivity contribution in [2.24, 2.45) is 0 Å². The molecule has 2 aromatic carbocycles. The maximum Gasteiger partial charge on any atom is 0.417 e. The number of ether oxygens (including phenoxy) is 4. The molecule has 0 saturated carbocycles. The summed E-state index contributed by atoms with van der Waals surface area (Å²) in [7, 11) is 0. The van der Waals surface area contributed by atoms with Crippen molar-refractivity contribution in [3.63, 3.8) is 0 Å². The van der Waals surface area contributed by atoms with Crippen LogP contribution in [0.25, 0.3) is 0 Å². The number of hydrogen-bond acceptors (Lipinski definition) is 5. The average Bonchev–Trinajstić information content (AvgIpc) is 2.71. The average molecular weight is 424 g/mol. The summed E-state index contributed by atoms with van der Waals surface area (Å²) in [6.07, 6.45) is -10.9. The molecule has 0 amide bonds. The van der Waals surface area contributed by atoms with E-state index in [1.807, 2.05) is 30.3 Å². The Labute approximate surface area is 172 Å². The molecule has 0 N–H and O–H groups in total. The fourth-order valence-corrected chi connectivity index (χ4v) is 3.24. The Morgan fingerprint density at radius 3 is 2.00 bits per heavy atom. The Bertz CT molecular complexity index is 797. The van der Waals surface area contributed by atoms with Gasteiger partial charge in [0.25, 0.3) is 0 Å². The highest BCUT2D eigenvalue weighted by Gasteiger charge is 2.54. The summed E-state index contributed by atoms with van der Waals surface area (Å²) in [5, 5.41) is 0. The highest BCUT2D eigenvalue weighted by atomic mass is 19.4. The van der Waals surface area contributed by atoms with E-state index in [-0.39, 0.29) is 19.6 Å². The summed E-state index contributed by atoms with van der Waals surface area (Å²) in [6, 6.07) is 17.9. The van der Waals surface area contributed by atoms with Gasteiger partial charge in [0.2, 0.25) is 6.29 Å². The van der Waals surface area contributed by atoms with Crippen LogP contribution >= 0.6 is 0 Å².